The molecule has 1 N–H and O–H groups in total. The number of amides is 4. The van der Waals surface area contributed by atoms with E-state index in [0.717, 1.165) is 40.5 Å². The number of carbonyl (C=O) groups is 3. The zero-order valence-electron chi connectivity index (χ0n) is 18.0. The topological polar surface area (TPSA) is 71.4 Å². The molecule has 2 aromatic carbocycles. The summed E-state index contributed by atoms with van der Waals surface area (Å²) in [7, 11) is 0. The number of anilines is 1. The van der Waals surface area contributed by atoms with Gasteiger partial charge in [0, 0.05) is 17.1 Å². The van der Waals surface area contributed by atoms with Crippen LogP contribution in [0.4, 0.5) is 14.9 Å². The molecular formula is C25H22FN3O3. The highest BCUT2D eigenvalue weighted by Gasteiger charge is 2.37. The fraction of sp³-hybridized carbons (Fsp3) is 0.160. The van der Waals surface area contributed by atoms with Crippen molar-refractivity contribution in [2.75, 3.05) is 4.90 Å². The highest BCUT2D eigenvalue weighted by atomic mass is 19.1. The first-order valence-corrected chi connectivity index (χ1v) is 10.3. The molecule has 0 unspecified atom stereocenters. The first-order valence-electron chi connectivity index (χ1n) is 10.3. The van der Waals surface area contributed by atoms with Crippen LogP contribution >= 0.6 is 0 Å². The van der Waals surface area contributed by atoms with Crippen molar-refractivity contribution in [2.45, 2.75) is 27.2 Å². The van der Waals surface area contributed by atoms with Crippen molar-refractivity contribution in [1.82, 2.24) is 9.88 Å². The maximum absolute atomic E-state index is 13.3. The molecule has 0 bridgehead atoms. The van der Waals surface area contributed by atoms with Gasteiger partial charge in [-0.1, -0.05) is 25.1 Å². The van der Waals surface area contributed by atoms with E-state index >= 15 is 0 Å². The van der Waals surface area contributed by atoms with Crippen LogP contribution in [0.25, 0.3) is 11.8 Å². The van der Waals surface area contributed by atoms with E-state index in [4.69, 9.17) is 0 Å². The fourth-order valence-corrected chi connectivity index (χ4v) is 3.97. The number of imide groups is 2. The number of aryl methyl sites for hydroxylation is 2. The van der Waals surface area contributed by atoms with Crippen molar-refractivity contribution in [2.24, 2.45) is 0 Å². The third-order valence-electron chi connectivity index (χ3n) is 5.57. The molecule has 1 aromatic heterocycles. The zero-order chi connectivity index (χ0) is 23.0. The Labute approximate surface area is 185 Å². The number of halogens is 1. The lowest BCUT2D eigenvalue weighted by Crippen LogP contribution is -2.54. The van der Waals surface area contributed by atoms with Gasteiger partial charge in [0.2, 0.25) is 0 Å². The van der Waals surface area contributed by atoms with Crippen LogP contribution in [0.3, 0.4) is 0 Å². The molecule has 1 saturated heterocycles. The van der Waals surface area contributed by atoms with Crippen LogP contribution in [0, 0.1) is 19.7 Å². The van der Waals surface area contributed by atoms with Crippen LogP contribution in [0.15, 0.2) is 60.2 Å². The highest BCUT2D eigenvalue weighted by molar-refractivity contribution is 6.39. The first-order chi connectivity index (χ1) is 15.3. The van der Waals surface area contributed by atoms with Crippen LogP contribution in [0.5, 0.6) is 0 Å². The van der Waals surface area contributed by atoms with Gasteiger partial charge in [-0.25, -0.2) is 14.1 Å². The highest BCUT2D eigenvalue weighted by Crippen LogP contribution is 2.27. The van der Waals surface area contributed by atoms with E-state index in [9.17, 15) is 18.8 Å². The van der Waals surface area contributed by atoms with Gasteiger partial charge >= 0.3 is 6.03 Å². The van der Waals surface area contributed by atoms with E-state index in [1.807, 2.05) is 38.1 Å². The summed E-state index contributed by atoms with van der Waals surface area (Å²) in [5.41, 5.74) is 4.73. The Balaban J connectivity index is 1.78. The Bertz CT molecular complexity index is 1270. The van der Waals surface area contributed by atoms with E-state index in [1.54, 1.807) is 0 Å². The lowest BCUT2D eigenvalue weighted by atomic mass is 10.1. The summed E-state index contributed by atoms with van der Waals surface area (Å²) >= 11 is 0. The first kappa shape index (κ1) is 21.2. The number of barbiturate groups is 1. The number of nitrogens with zero attached hydrogens (tertiary/aromatic N) is 2. The summed E-state index contributed by atoms with van der Waals surface area (Å²) in [5, 5.41) is 2.19. The molecule has 6 nitrogen and oxygen atoms in total. The molecule has 3 aromatic rings. The minimum Gasteiger partial charge on any atom is -0.318 e. The molecule has 0 spiro atoms. The Morgan fingerprint density at radius 2 is 1.69 bits per heavy atom. The van der Waals surface area contributed by atoms with Gasteiger partial charge in [0.1, 0.15) is 11.4 Å². The van der Waals surface area contributed by atoms with Crippen molar-refractivity contribution in [3.05, 3.63) is 88.5 Å². The Kier molecular flexibility index (Phi) is 5.48. The number of hydrogen-bond donors (Lipinski definition) is 1. The van der Waals surface area contributed by atoms with E-state index in [2.05, 4.69) is 22.9 Å². The maximum atomic E-state index is 13.3. The number of aromatic nitrogens is 1. The molecule has 4 amide bonds. The Morgan fingerprint density at radius 3 is 2.38 bits per heavy atom. The third-order valence-corrected chi connectivity index (χ3v) is 5.57. The zero-order valence-corrected chi connectivity index (χ0v) is 18.0. The molecule has 4 rings (SSSR count). The predicted molar refractivity (Wildman–Crippen MR) is 120 cm³/mol. The molecule has 1 aliphatic heterocycles. The summed E-state index contributed by atoms with van der Waals surface area (Å²) in [6.45, 7) is 5.96. The molecule has 2 heterocycles. The molecule has 0 saturated carbocycles. The largest absolute Gasteiger partial charge is 0.335 e. The summed E-state index contributed by atoms with van der Waals surface area (Å²) in [5.74, 6) is -2.02. The number of benzene rings is 2. The van der Waals surface area contributed by atoms with Gasteiger partial charge < -0.3 is 4.57 Å². The molecule has 32 heavy (non-hydrogen) atoms. The Hall–Kier alpha value is -4.00. The number of carbonyl (C=O) groups excluding carboxylic acids is 3. The van der Waals surface area contributed by atoms with E-state index < -0.39 is 23.7 Å². The second-order valence-corrected chi connectivity index (χ2v) is 7.58. The second-order valence-electron chi connectivity index (χ2n) is 7.58. The van der Waals surface area contributed by atoms with Crippen LogP contribution in [-0.4, -0.2) is 22.4 Å². The molecule has 1 fully saturated rings. The average molecular weight is 431 g/mol. The molecule has 162 valence electrons. The summed E-state index contributed by atoms with van der Waals surface area (Å²) in [6, 6.07) is 14.0. The van der Waals surface area contributed by atoms with Gasteiger partial charge in [-0.2, -0.15) is 0 Å². The third kappa shape index (κ3) is 3.62. The Morgan fingerprint density at radius 1 is 1.00 bits per heavy atom. The van der Waals surface area contributed by atoms with E-state index in [1.165, 1.54) is 23.8 Å². The summed E-state index contributed by atoms with van der Waals surface area (Å²) in [4.78, 5) is 38.8. The van der Waals surface area contributed by atoms with Crippen LogP contribution in [-0.2, 0) is 16.0 Å². The van der Waals surface area contributed by atoms with Crippen molar-refractivity contribution in [1.29, 1.82) is 0 Å². The monoisotopic (exact) mass is 431 g/mol. The normalized spacial score (nSPS) is 15.4. The SMILES string of the molecule is CCc1ccccc1-n1c(C)cc(/C=C2\C(=O)NC(=O)N(c3ccc(F)cc3)C2=O)c1C. The molecular weight excluding hydrogens is 409 g/mol. The van der Waals surface area contributed by atoms with Gasteiger partial charge in [-0.05, 0) is 73.9 Å². The molecule has 1 aliphatic rings. The van der Waals surface area contributed by atoms with E-state index in [-0.39, 0.29) is 11.3 Å². The van der Waals surface area contributed by atoms with E-state index in [0.29, 0.717) is 5.56 Å². The van der Waals surface area contributed by atoms with Gasteiger partial charge in [0.15, 0.2) is 0 Å². The second kappa shape index (κ2) is 8.26. The quantitative estimate of drug-likeness (QED) is 0.490. The van der Waals surface area contributed by atoms with Gasteiger partial charge in [-0.15, -0.1) is 0 Å². The fourth-order valence-electron chi connectivity index (χ4n) is 3.97. The standard InChI is InChI=1S/C25H22FN3O3/c1-4-17-7-5-6-8-22(17)28-15(2)13-18(16(28)3)14-21-23(30)27-25(32)29(24(21)31)20-11-9-19(26)10-12-20/h5-14H,4H2,1-3H3,(H,27,30,32)/b21-14+. The minimum absolute atomic E-state index is 0.169. The molecule has 7 heteroatoms. The molecule has 0 aliphatic carbocycles. The lowest BCUT2D eigenvalue weighted by molar-refractivity contribution is -0.122. The summed E-state index contributed by atoms with van der Waals surface area (Å²) in [6.07, 6.45) is 2.35. The van der Waals surface area contributed by atoms with Gasteiger partial charge in [0.25, 0.3) is 11.8 Å². The molecule has 0 atom stereocenters. The van der Waals surface area contributed by atoms with Crippen molar-refractivity contribution >= 4 is 29.6 Å². The van der Waals surface area contributed by atoms with Crippen molar-refractivity contribution < 1.29 is 18.8 Å². The average Bonchev–Trinajstić information content (AvgIpc) is 3.05. The van der Waals surface area contributed by atoms with Gasteiger partial charge in [-0.3, -0.25) is 14.9 Å². The van der Waals surface area contributed by atoms with Crippen molar-refractivity contribution in [3.63, 3.8) is 0 Å². The van der Waals surface area contributed by atoms with Crippen LogP contribution in [0.1, 0.15) is 29.4 Å². The van der Waals surface area contributed by atoms with Crippen LogP contribution < -0.4 is 10.2 Å². The number of para-hydroxylation sites is 1. The number of hydrogen-bond acceptors (Lipinski definition) is 3. The minimum atomic E-state index is -0.869. The number of rotatable bonds is 4. The lowest BCUT2D eigenvalue weighted by Gasteiger charge is -2.26. The predicted octanol–water partition coefficient (Wildman–Crippen LogP) is 4.46. The maximum Gasteiger partial charge on any atom is 0.335 e. The number of nitrogens with one attached hydrogen (secondary N) is 1. The summed E-state index contributed by atoms with van der Waals surface area (Å²) < 4.78 is 15.4. The molecule has 0 radical (unpaired) electrons. The van der Waals surface area contributed by atoms with Crippen LogP contribution in [0.2, 0.25) is 0 Å². The number of urea groups is 1. The van der Waals surface area contributed by atoms with Crippen molar-refractivity contribution in [3.8, 4) is 5.69 Å². The smallest absolute Gasteiger partial charge is 0.318 e. The van der Waals surface area contributed by atoms with Gasteiger partial charge in [0.05, 0.1) is 5.69 Å².